The Kier molecular flexibility index (Phi) is 5.97. The molecule has 0 radical (unpaired) electrons. The molecule has 36 heavy (non-hydrogen) atoms. The van der Waals surface area contributed by atoms with Crippen LogP contribution in [0.25, 0.3) is 28.6 Å². The highest BCUT2D eigenvalue weighted by Crippen LogP contribution is 2.33. The van der Waals surface area contributed by atoms with E-state index in [9.17, 15) is 0 Å². The first kappa shape index (κ1) is 22.1. The van der Waals surface area contributed by atoms with Gasteiger partial charge in [0.1, 0.15) is 0 Å². The van der Waals surface area contributed by atoms with Crippen LogP contribution in [-0.2, 0) is 5.75 Å². The molecular formula is C29H24N6S. The Bertz CT molecular complexity index is 1580. The summed E-state index contributed by atoms with van der Waals surface area (Å²) in [6.07, 6.45) is 5.92. The molecule has 3 aromatic heterocycles. The fourth-order valence-electron chi connectivity index (χ4n) is 4.28. The lowest BCUT2D eigenvalue weighted by Gasteiger charge is -2.13. The molecule has 0 saturated carbocycles. The van der Waals surface area contributed by atoms with Gasteiger partial charge in [-0.1, -0.05) is 78.0 Å². The maximum absolute atomic E-state index is 4.77. The second-order valence-electron chi connectivity index (χ2n) is 8.47. The number of hydrogen-bond acceptors (Lipinski definition) is 4. The van der Waals surface area contributed by atoms with Gasteiger partial charge in [0.15, 0.2) is 16.8 Å². The first-order chi connectivity index (χ1) is 17.8. The molecule has 6 rings (SSSR count). The van der Waals surface area contributed by atoms with Gasteiger partial charge < -0.3 is 4.57 Å². The van der Waals surface area contributed by atoms with Crippen LogP contribution < -0.4 is 0 Å². The van der Waals surface area contributed by atoms with Gasteiger partial charge in [-0.2, -0.15) is 5.10 Å². The summed E-state index contributed by atoms with van der Waals surface area (Å²) < 4.78 is 6.14. The zero-order valence-corrected chi connectivity index (χ0v) is 20.6. The third kappa shape index (κ3) is 4.25. The van der Waals surface area contributed by atoms with E-state index in [2.05, 4.69) is 69.7 Å². The lowest BCUT2D eigenvalue weighted by Crippen LogP contribution is -2.06. The summed E-state index contributed by atoms with van der Waals surface area (Å²) in [6.45, 7) is 2.12. The lowest BCUT2D eigenvalue weighted by molar-refractivity contribution is 0.823. The van der Waals surface area contributed by atoms with Gasteiger partial charge in [-0.25, -0.2) is 4.68 Å². The van der Waals surface area contributed by atoms with Crippen LogP contribution in [0.2, 0.25) is 0 Å². The first-order valence-electron chi connectivity index (χ1n) is 11.7. The SMILES string of the molecule is Cc1cccc(CSc2nnc(-c3cnn(-c4ccccc4)c3-n3cccc3)n2-c2ccccc2)c1. The molecule has 3 aromatic carbocycles. The molecule has 0 atom stereocenters. The molecule has 7 heteroatoms. The average Bonchev–Trinajstić information content (AvgIpc) is 3.68. The Morgan fingerprint density at radius 2 is 1.47 bits per heavy atom. The summed E-state index contributed by atoms with van der Waals surface area (Å²) in [4.78, 5) is 0. The van der Waals surface area contributed by atoms with Crippen molar-refractivity contribution in [1.29, 1.82) is 0 Å². The van der Waals surface area contributed by atoms with Gasteiger partial charge in [0.05, 0.1) is 17.4 Å². The molecule has 0 fully saturated rings. The lowest BCUT2D eigenvalue weighted by atomic mass is 10.2. The standard InChI is InChI=1S/C29H24N6S/c1-22-11-10-12-23(19-22)21-36-29-32-31-27(34(29)24-13-4-2-5-14-24)26-20-30-35(25-15-6-3-7-16-25)28(26)33-17-8-9-18-33/h2-20H,21H2,1H3. The maximum atomic E-state index is 4.77. The number of rotatable bonds is 7. The van der Waals surface area contributed by atoms with Gasteiger partial charge in [0.25, 0.3) is 0 Å². The Morgan fingerprint density at radius 3 is 2.19 bits per heavy atom. The van der Waals surface area contributed by atoms with E-state index in [1.165, 1.54) is 11.1 Å². The zero-order valence-electron chi connectivity index (χ0n) is 19.8. The van der Waals surface area contributed by atoms with E-state index in [0.29, 0.717) is 0 Å². The second kappa shape index (κ2) is 9.71. The van der Waals surface area contributed by atoms with Crippen molar-refractivity contribution in [2.75, 3.05) is 0 Å². The van der Waals surface area contributed by atoms with E-state index in [1.807, 2.05) is 71.8 Å². The molecule has 0 saturated heterocycles. The third-order valence-electron chi connectivity index (χ3n) is 5.93. The molecule has 3 heterocycles. The molecule has 6 aromatic rings. The zero-order chi connectivity index (χ0) is 24.3. The molecule has 0 spiro atoms. The molecule has 6 nitrogen and oxygen atoms in total. The first-order valence-corrected chi connectivity index (χ1v) is 12.7. The van der Waals surface area contributed by atoms with Crippen molar-refractivity contribution in [2.24, 2.45) is 0 Å². The normalized spacial score (nSPS) is 11.1. The van der Waals surface area contributed by atoms with Crippen LogP contribution >= 0.6 is 11.8 Å². The van der Waals surface area contributed by atoms with Crippen molar-refractivity contribution in [2.45, 2.75) is 17.8 Å². The Labute approximate surface area is 213 Å². The van der Waals surface area contributed by atoms with Gasteiger partial charge in [0.2, 0.25) is 0 Å². The molecule has 0 aliphatic rings. The largest absolute Gasteiger partial charge is 0.308 e. The average molecular weight is 489 g/mol. The maximum Gasteiger partial charge on any atom is 0.196 e. The molecule has 0 aliphatic heterocycles. The smallest absolute Gasteiger partial charge is 0.196 e. The van der Waals surface area contributed by atoms with Crippen LogP contribution in [0, 0.1) is 6.92 Å². The van der Waals surface area contributed by atoms with Gasteiger partial charge >= 0.3 is 0 Å². The van der Waals surface area contributed by atoms with E-state index in [1.54, 1.807) is 11.8 Å². The second-order valence-corrected chi connectivity index (χ2v) is 9.42. The number of para-hydroxylation sites is 2. The van der Waals surface area contributed by atoms with E-state index in [4.69, 9.17) is 10.2 Å². The number of benzene rings is 3. The van der Waals surface area contributed by atoms with Crippen molar-refractivity contribution < 1.29 is 0 Å². The van der Waals surface area contributed by atoms with Gasteiger partial charge in [-0.05, 0) is 48.9 Å². The van der Waals surface area contributed by atoms with Crippen LogP contribution in [0.1, 0.15) is 11.1 Å². The highest BCUT2D eigenvalue weighted by molar-refractivity contribution is 7.98. The predicted octanol–water partition coefficient (Wildman–Crippen LogP) is 6.51. The monoisotopic (exact) mass is 488 g/mol. The van der Waals surface area contributed by atoms with Crippen LogP contribution in [0.15, 0.2) is 121 Å². The molecule has 0 N–H and O–H groups in total. The molecule has 0 aliphatic carbocycles. The molecule has 176 valence electrons. The summed E-state index contributed by atoms with van der Waals surface area (Å²) in [5.41, 5.74) is 5.40. The number of aryl methyl sites for hydroxylation is 1. The van der Waals surface area contributed by atoms with E-state index in [-0.39, 0.29) is 0 Å². The minimum absolute atomic E-state index is 0.749. The van der Waals surface area contributed by atoms with Crippen LogP contribution in [0.5, 0.6) is 0 Å². The minimum atomic E-state index is 0.749. The number of nitrogens with zero attached hydrogens (tertiary/aromatic N) is 6. The van der Waals surface area contributed by atoms with E-state index < -0.39 is 0 Å². The van der Waals surface area contributed by atoms with Crippen molar-refractivity contribution >= 4 is 11.8 Å². The summed E-state index contributed by atoms with van der Waals surface area (Å²) in [7, 11) is 0. The van der Waals surface area contributed by atoms with Crippen molar-refractivity contribution in [3.63, 3.8) is 0 Å². The molecule has 0 bridgehead atoms. The van der Waals surface area contributed by atoms with Crippen molar-refractivity contribution in [3.05, 3.63) is 127 Å². The summed E-state index contributed by atoms with van der Waals surface area (Å²) in [5.74, 6) is 2.46. The van der Waals surface area contributed by atoms with Crippen LogP contribution in [0.3, 0.4) is 0 Å². The number of aromatic nitrogens is 6. The minimum Gasteiger partial charge on any atom is -0.308 e. The molecular weight excluding hydrogens is 464 g/mol. The van der Waals surface area contributed by atoms with Crippen molar-refractivity contribution in [1.82, 2.24) is 29.1 Å². The van der Waals surface area contributed by atoms with Crippen LogP contribution in [0.4, 0.5) is 0 Å². The fourth-order valence-corrected chi connectivity index (χ4v) is 5.17. The van der Waals surface area contributed by atoms with Crippen molar-refractivity contribution in [3.8, 4) is 28.6 Å². The Balaban J connectivity index is 1.49. The third-order valence-corrected chi connectivity index (χ3v) is 6.93. The Morgan fingerprint density at radius 1 is 0.750 bits per heavy atom. The summed E-state index contributed by atoms with van der Waals surface area (Å²) in [6, 6.07) is 33.0. The highest BCUT2D eigenvalue weighted by atomic mass is 32.2. The highest BCUT2D eigenvalue weighted by Gasteiger charge is 2.23. The Hall–Kier alpha value is -4.36. The molecule has 0 unspecified atom stereocenters. The summed E-state index contributed by atoms with van der Waals surface area (Å²) in [5, 5.41) is 14.9. The number of thioether (sulfide) groups is 1. The van der Waals surface area contributed by atoms with E-state index >= 15 is 0 Å². The summed E-state index contributed by atoms with van der Waals surface area (Å²) >= 11 is 1.68. The van der Waals surface area contributed by atoms with Gasteiger partial charge in [-0.15, -0.1) is 10.2 Å². The quantitative estimate of drug-likeness (QED) is 0.240. The predicted molar refractivity (Wildman–Crippen MR) is 144 cm³/mol. The fraction of sp³-hybridized carbons (Fsp3) is 0.0690. The van der Waals surface area contributed by atoms with Gasteiger partial charge in [0, 0.05) is 23.8 Å². The van der Waals surface area contributed by atoms with E-state index in [0.717, 1.165) is 39.5 Å². The topological polar surface area (TPSA) is 53.5 Å². The van der Waals surface area contributed by atoms with Gasteiger partial charge in [-0.3, -0.25) is 4.57 Å². The molecule has 0 amide bonds. The van der Waals surface area contributed by atoms with Crippen LogP contribution in [-0.4, -0.2) is 29.1 Å². The number of hydrogen-bond donors (Lipinski definition) is 0.